The third kappa shape index (κ3) is 6.04. The van der Waals surface area contributed by atoms with Crippen molar-refractivity contribution in [3.8, 4) is 0 Å². The van der Waals surface area contributed by atoms with Crippen LogP contribution < -0.4 is 0 Å². The number of nitrogens with zero attached hydrogens (tertiary/aromatic N) is 1. The van der Waals surface area contributed by atoms with Crippen LogP contribution >= 0.6 is 23.4 Å². The number of hydrogen-bond donors (Lipinski definition) is 0. The summed E-state index contributed by atoms with van der Waals surface area (Å²) in [6.07, 6.45) is 3.97. The number of carbonyl (C=O) groups excluding carboxylic acids is 2. The number of pyridine rings is 1. The van der Waals surface area contributed by atoms with E-state index in [-0.39, 0.29) is 22.3 Å². The molecule has 4 rings (SSSR count). The molecule has 2 atom stereocenters. The van der Waals surface area contributed by atoms with Gasteiger partial charge in [0.25, 0.3) is 0 Å². The molecule has 1 unspecified atom stereocenters. The van der Waals surface area contributed by atoms with E-state index < -0.39 is 0 Å². The van der Waals surface area contributed by atoms with E-state index >= 15 is 0 Å². The van der Waals surface area contributed by atoms with E-state index in [4.69, 9.17) is 16.3 Å². The lowest BCUT2D eigenvalue weighted by Crippen LogP contribution is -2.13. The minimum absolute atomic E-state index is 0.0161. The normalized spacial score (nSPS) is 13.0. The van der Waals surface area contributed by atoms with Gasteiger partial charge in [-0.25, -0.2) is 9.78 Å². The number of benzene rings is 3. The Kier molecular flexibility index (Phi) is 8.24. The van der Waals surface area contributed by atoms with Crippen molar-refractivity contribution in [3.63, 3.8) is 0 Å². The van der Waals surface area contributed by atoms with Gasteiger partial charge in [-0.15, -0.1) is 0 Å². The number of thioether (sulfide) groups is 1. The standard InChI is InChI=1S/C30H26ClNO3S/c1-19(26-9-4-5-10-27(26)30(34)35-3)29(36-20(2)33)23-8-6-7-21(17-23)11-15-25-16-13-22-12-14-24(31)18-28(22)32-25/h4-19,29H,1-3H3/t19?,29-/m1/s1. The molecule has 0 aliphatic carbocycles. The van der Waals surface area contributed by atoms with Crippen molar-refractivity contribution in [2.24, 2.45) is 0 Å². The van der Waals surface area contributed by atoms with Gasteiger partial charge < -0.3 is 4.74 Å². The highest BCUT2D eigenvalue weighted by Crippen LogP contribution is 2.43. The van der Waals surface area contributed by atoms with E-state index in [0.29, 0.717) is 10.6 Å². The van der Waals surface area contributed by atoms with E-state index in [9.17, 15) is 9.59 Å². The molecule has 1 aromatic heterocycles. The molecular formula is C30H26ClNO3S. The van der Waals surface area contributed by atoms with Gasteiger partial charge in [-0.1, -0.05) is 91.0 Å². The lowest BCUT2D eigenvalue weighted by molar-refractivity contribution is -0.109. The van der Waals surface area contributed by atoms with Crippen LogP contribution in [0.5, 0.6) is 0 Å². The van der Waals surface area contributed by atoms with Crippen molar-refractivity contribution in [2.75, 3.05) is 7.11 Å². The average Bonchev–Trinajstić information content (AvgIpc) is 2.89. The van der Waals surface area contributed by atoms with Crippen LogP contribution in [0.15, 0.2) is 78.9 Å². The Hall–Kier alpha value is -3.41. The molecule has 1 heterocycles. The second-order valence-corrected chi connectivity index (χ2v) is 10.2. The quantitative estimate of drug-likeness (QED) is 0.233. The van der Waals surface area contributed by atoms with Crippen LogP contribution in [0, 0.1) is 0 Å². The largest absolute Gasteiger partial charge is 0.465 e. The molecule has 6 heteroatoms. The van der Waals surface area contributed by atoms with Gasteiger partial charge in [0.2, 0.25) is 0 Å². The van der Waals surface area contributed by atoms with E-state index in [1.165, 1.54) is 18.9 Å². The van der Waals surface area contributed by atoms with E-state index in [0.717, 1.165) is 33.3 Å². The summed E-state index contributed by atoms with van der Waals surface area (Å²) < 4.78 is 4.98. The van der Waals surface area contributed by atoms with Crippen molar-refractivity contribution in [1.29, 1.82) is 0 Å². The molecule has 0 radical (unpaired) electrons. The van der Waals surface area contributed by atoms with Crippen LogP contribution in [0.4, 0.5) is 0 Å². The number of ether oxygens (including phenoxy) is 1. The Morgan fingerprint density at radius 1 is 0.972 bits per heavy atom. The minimum atomic E-state index is -0.384. The van der Waals surface area contributed by atoms with Gasteiger partial charge >= 0.3 is 5.97 Å². The summed E-state index contributed by atoms with van der Waals surface area (Å²) in [4.78, 5) is 29.3. The van der Waals surface area contributed by atoms with Crippen LogP contribution in [0.2, 0.25) is 5.02 Å². The molecular weight excluding hydrogens is 490 g/mol. The summed E-state index contributed by atoms with van der Waals surface area (Å²) in [5, 5.41) is 1.52. The average molecular weight is 516 g/mol. The maximum atomic E-state index is 12.4. The third-order valence-corrected chi connectivity index (χ3v) is 7.47. The Morgan fingerprint density at radius 2 is 1.75 bits per heavy atom. The molecule has 0 bridgehead atoms. The van der Waals surface area contributed by atoms with Gasteiger partial charge in [-0.05, 0) is 52.9 Å². The summed E-state index contributed by atoms with van der Waals surface area (Å²) in [5.41, 5.74) is 5.02. The number of halogens is 1. The van der Waals surface area contributed by atoms with Crippen molar-refractivity contribution in [1.82, 2.24) is 4.98 Å². The van der Waals surface area contributed by atoms with Gasteiger partial charge in [-0.3, -0.25) is 4.79 Å². The van der Waals surface area contributed by atoms with Crippen LogP contribution in [-0.4, -0.2) is 23.2 Å². The molecule has 4 aromatic rings. The molecule has 0 N–H and O–H groups in total. The predicted molar refractivity (Wildman–Crippen MR) is 149 cm³/mol. The summed E-state index contributed by atoms with van der Waals surface area (Å²) >= 11 is 7.39. The molecule has 0 aliphatic heterocycles. The van der Waals surface area contributed by atoms with Gasteiger partial charge in [0.15, 0.2) is 5.12 Å². The van der Waals surface area contributed by atoms with Crippen molar-refractivity contribution >= 4 is 57.5 Å². The van der Waals surface area contributed by atoms with Crippen LogP contribution in [0.1, 0.15) is 57.8 Å². The molecule has 0 saturated carbocycles. The molecule has 0 fully saturated rings. The Bertz CT molecular complexity index is 1450. The first-order valence-corrected chi connectivity index (χ1v) is 12.8. The summed E-state index contributed by atoms with van der Waals surface area (Å²) in [7, 11) is 1.38. The number of hydrogen-bond acceptors (Lipinski definition) is 5. The second-order valence-electron chi connectivity index (χ2n) is 8.47. The predicted octanol–water partition coefficient (Wildman–Crippen LogP) is 7.97. The van der Waals surface area contributed by atoms with Crippen molar-refractivity contribution in [3.05, 3.63) is 112 Å². The summed E-state index contributed by atoms with van der Waals surface area (Å²) in [6.45, 7) is 3.60. The highest BCUT2D eigenvalue weighted by Gasteiger charge is 2.27. The van der Waals surface area contributed by atoms with Gasteiger partial charge in [0.1, 0.15) is 0 Å². The lowest BCUT2D eigenvalue weighted by Gasteiger charge is -2.25. The summed E-state index contributed by atoms with van der Waals surface area (Å²) in [5.74, 6) is -0.495. The van der Waals surface area contributed by atoms with E-state index in [1.54, 1.807) is 13.0 Å². The molecule has 4 nitrogen and oxygen atoms in total. The van der Waals surface area contributed by atoms with Gasteiger partial charge in [-0.2, -0.15) is 0 Å². The number of carbonyl (C=O) groups is 2. The van der Waals surface area contributed by atoms with Crippen LogP contribution in [0.3, 0.4) is 0 Å². The Morgan fingerprint density at radius 3 is 2.53 bits per heavy atom. The number of esters is 1. The zero-order valence-corrected chi connectivity index (χ0v) is 21.8. The maximum absolute atomic E-state index is 12.4. The fraction of sp³-hybridized carbons (Fsp3) is 0.167. The molecule has 182 valence electrons. The van der Waals surface area contributed by atoms with Crippen LogP contribution in [0.25, 0.3) is 23.1 Å². The fourth-order valence-corrected chi connectivity index (χ4v) is 5.37. The number of methoxy groups -OCH3 is 1. The highest BCUT2D eigenvalue weighted by atomic mass is 35.5. The first kappa shape index (κ1) is 25.7. The molecule has 3 aromatic carbocycles. The third-order valence-electron chi connectivity index (χ3n) is 5.97. The fourth-order valence-electron chi connectivity index (χ4n) is 4.21. The number of rotatable bonds is 7. The van der Waals surface area contributed by atoms with Crippen molar-refractivity contribution < 1.29 is 14.3 Å². The zero-order chi connectivity index (χ0) is 25.7. The molecule has 0 amide bonds. The van der Waals surface area contributed by atoms with Gasteiger partial charge in [0.05, 0.1) is 23.9 Å². The summed E-state index contributed by atoms with van der Waals surface area (Å²) in [6, 6.07) is 25.1. The number of aromatic nitrogens is 1. The SMILES string of the molecule is COC(=O)c1ccccc1C(C)[C@@H](SC(C)=O)c1cccc(C=Cc2ccc3ccc(Cl)cc3n2)c1. The molecule has 0 aliphatic rings. The first-order valence-electron chi connectivity index (χ1n) is 11.5. The second kappa shape index (κ2) is 11.5. The smallest absolute Gasteiger partial charge is 0.338 e. The molecule has 36 heavy (non-hydrogen) atoms. The van der Waals surface area contributed by atoms with E-state index in [2.05, 4.69) is 11.1 Å². The van der Waals surface area contributed by atoms with Gasteiger partial charge in [0, 0.05) is 22.6 Å². The van der Waals surface area contributed by atoms with Crippen LogP contribution in [-0.2, 0) is 9.53 Å². The number of fused-ring (bicyclic) bond motifs is 1. The first-order chi connectivity index (χ1) is 17.4. The Balaban J connectivity index is 1.65. The Labute approximate surface area is 220 Å². The minimum Gasteiger partial charge on any atom is -0.465 e. The molecule has 0 spiro atoms. The monoisotopic (exact) mass is 515 g/mol. The lowest BCUT2D eigenvalue weighted by atomic mass is 9.89. The maximum Gasteiger partial charge on any atom is 0.338 e. The topological polar surface area (TPSA) is 56.3 Å². The molecule has 0 saturated heterocycles. The highest BCUT2D eigenvalue weighted by molar-refractivity contribution is 8.13. The van der Waals surface area contributed by atoms with E-state index in [1.807, 2.05) is 85.8 Å². The van der Waals surface area contributed by atoms with Crippen molar-refractivity contribution in [2.45, 2.75) is 25.0 Å². The zero-order valence-electron chi connectivity index (χ0n) is 20.3.